The third kappa shape index (κ3) is 5.45. The maximum atomic E-state index is 12.2. The Hall–Kier alpha value is -2.09. The fraction of sp³-hybridized carbons (Fsp3) is 0.278. The van der Waals surface area contributed by atoms with E-state index in [2.05, 4.69) is 10.0 Å². The molecule has 0 bridgehead atoms. The summed E-state index contributed by atoms with van der Waals surface area (Å²) < 4.78 is 32.2. The van der Waals surface area contributed by atoms with Gasteiger partial charge in [0.2, 0.25) is 10.0 Å². The predicted molar refractivity (Wildman–Crippen MR) is 102 cm³/mol. The Kier molecular flexibility index (Phi) is 6.63. The molecule has 0 heterocycles. The van der Waals surface area contributed by atoms with E-state index in [0.29, 0.717) is 16.5 Å². The third-order valence-corrected chi connectivity index (χ3v) is 5.32. The first-order valence-electron chi connectivity index (χ1n) is 8.03. The van der Waals surface area contributed by atoms with Gasteiger partial charge in [-0.15, -0.1) is 0 Å². The Bertz CT molecular complexity index is 867. The molecule has 0 saturated carbocycles. The smallest absolute Gasteiger partial charge is 0.265 e. The Morgan fingerprint density at radius 3 is 2.23 bits per heavy atom. The molecular formula is C18H21ClN2O4S. The second-order valence-electron chi connectivity index (χ2n) is 5.98. The van der Waals surface area contributed by atoms with E-state index in [9.17, 15) is 13.2 Å². The SMILES string of the molecule is CC(C)NS(=O)(=O)c1ccc(NC(=O)[C@@H](C)Oc2ccccc2Cl)cc1. The molecule has 0 saturated heterocycles. The number of rotatable bonds is 7. The Morgan fingerprint density at radius 2 is 1.65 bits per heavy atom. The fourth-order valence-corrected chi connectivity index (χ4v) is 3.56. The van der Waals surface area contributed by atoms with Gasteiger partial charge in [-0.2, -0.15) is 0 Å². The number of para-hydroxylation sites is 1. The van der Waals surface area contributed by atoms with Crippen molar-refractivity contribution >= 4 is 33.2 Å². The molecule has 2 aromatic carbocycles. The number of anilines is 1. The number of nitrogens with one attached hydrogen (secondary N) is 2. The highest BCUT2D eigenvalue weighted by Gasteiger charge is 2.18. The molecule has 2 N–H and O–H groups in total. The molecule has 0 aliphatic heterocycles. The maximum Gasteiger partial charge on any atom is 0.265 e. The van der Waals surface area contributed by atoms with Crippen LogP contribution in [0.1, 0.15) is 20.8 Å². The minimum absolute atomic E-state index is 0.129. The molecule has 2 aromatic rings. The largest absolute Gasteiger partial charge is 0.479 e. The van der Waals surface area contributed by atoms with Crippen LogP contribution in [-0.4, -0.2) is 26.5 Å². The van der Waals surface area contributed by atoms with Gasteiger partial charge in [0.05, 0.1) is 9.92 Å². The molecule has 0 radical (unpaired) electrons. The topological polar surface area (TPSA) is 84.5 Å². The maximum absolute atomic E-state index is 12.2. The summed E-state index contributed by atoms with van der Waals surface area (Å²) >= 11 is 6.01. The fourth-order valence-electron chi connectivity index (χ4n) is 2.12. The van der Waals surface area contributed by atoms with E-state index in [1.54, 1.807) is 45.0 Å². The summed E-state index contributed by atoms with van der Waals surface area (Å²) in [6, 6.07) is 12.6. The molecule has 26 heavy (non-hydrogen) atoms. The summed E-state index contributed by atoms with van der Waals surface area (Å²) in [5.41, 5.74) is 0.466. The number of carbonyl (C=O) groups excluding carboxylic acids is 1. The summed E-state index contributed by atoms with van der Waals surface area (Å²) in [7, 11) is -3.57. The van der Waals surface area contributed by atoms with Crippen LogP contribution < -0.4 is 14.8 Å². The van der Waals surface area contributed by atoms with E-state index < -0.39 is 16.1 Å². The zero-order valence-electron chi connectivity index (χ0n) is 14.7. The first kappa shape index (κ1) is 20.2. The lowest BCUT2D eigenvalue weighted by atomic mass is 10.3. The summed E-state index contributed by atoms with van der Waals surface area (Å²) in [5.74, 6) is 0.0406. The van der Waals surface area contributed by atoms with Crippen molar-refractivity contribution in [3.05, 3.63) is 53.6 Å². The number of ether oxygens (including phenoxy) is 1. The van der Waals surface area contributed by atoms with E-state index in [0.717, 1.165) is 0 Å². The van der Waals surface area contributed by atoms with E-state index >= 15 is 0 Å². The van der Waals surface area contributed by atoms with Gasteiger partial charge in [-0.05, 0) is 57.2 Å². The molecule has 1 amide bonds. The molecule has 1 atom stereocenters. The van der Waals surface area contributed by atoms with Gasteiger partial charge in [0.1, 0.15) is 5.75 Å². The molecule has 0 spiro atoms. The second-order valence-corrected chi connectivity index (χ2v) is 8.10. The summed E-state index contributed by atoms with van der Waals surface area (Å²) in [4.78, 5) is 12.4. The van der Waals surface area contributed by atoms with E-state index in [1.807, 2.05) is 0 Å². The van der Waals surface area contributed by atoms with Crippen molar-refractivity contribution in [1.82, 2.24) is 4.72 Å². The van der Waals surface area contributed by atoms with Crippen LogP contribution in [0.3, 0.4) is 0 Å². The molecule has 0 unspecified atom stereocenters. The lowest BCUT2D eigenvalue weighted by molar-refractivity contribution is -0.122. The number of benzene rings is 2. The number of carbonyl (C=O) groups is 1. The van der Waals surface area contributed by atoms with Crippen molar-refractivity contribution in [2.45, 2.75) is 37.8 Å². The molecule has 140 valence electrons. The van der Waals surface area contributed by atoms with Crippen LogP contribution in [-0.2, 0) is 14.8 Å². The molecule has 6 nitrogen and oxygen atoms in total. The molecule has 0 aliphatic rings. The van der Waals surface area contributed by atoms with Gasteiger partial charge in [-0.1, -0.05) is 23.7 Å². The standard InChI is InChI=1S/C18H21ClN2O4S/c1-12(2)21-26(23,24)15-10-8-14(9-11-15)20-18(22)13(3)25-17-7-5-4-6-16(17)19/h4-13,21H,1-3H3,(H,20,22)/t13-/m1/s1. The molecule has 0 aromatic heterocycles. The normalized spacial score (nSPS) is 12.7. The van der Waals surface area contributed by atoms with Gasteiger partial charge >= 0.3 is 0 Å². The molecule has 0 fully saturated rings. The number of sulfonamides is 1. The predicted octanol–water partition coefficient (Wildman–Crippen LogP) is 3.43. The van der Waals surface area contributed by atoms with Gasteiger partial charge in [0.15, 0.2) is 6.10 Å². The Balaban J connectivity index is 2.02. The Morgan fingerprint density at radius 1 is 1.04 bits per heavy atom. The highest BCUT2D eigenvalue weighted by molar-refractivity contribution is 7.89. The number of halogens is 1. The minimum atomic E-state index is -3.57. The van der Waals surface area contributed by atoms with Crippen molar-refractivity contribution in [1.29, 1.82) is 0 Å². The van der Waals surface area contributed by atoms with Crippen LogP contribution >= 0.6 is 11.6 Å². The molecule has 0 aliphatic carbocycles. The van der Waals surface area contributed by atoms with Crippen molar-refractivity contribution in [2.24, 2.45) is 0 Å². The zero-order chi connectivity index (χ0) is 19.3. The van der Waals surface area contributed by atoms with Crippen molar-refractivity contribution in [3.8, 4) is 5.75 Å². The van der Waals surface area contributed by atoms with Crippen LogP contribution in [0.2, 0.25) is 5.02 Å². The quantitative estimate of drug-likeness (QED) is 0.750. The van der Waals surface area contributed by atoms with Crippen LogP contribution in [0.15, 0.2) is 53.4 Å². The highest BCUT2D eigenvalue weighted by atomic mass is 35.5. The monoisotopic (exact) mass is 396 g/mol. The summed E-state index contributed by atoms with van der Waals surface area (Å²) in [6.07, 6.45) is -0.777. The number of hydrogen-bond acceptors (Lipinski definition) is 4. The van der Waals surface area contributed by atoms with Gasteiger partial charge in [0.25, 0.3) is 5.91 Å². The van der Waals surface area contributed by atoms with Gasteiger partial charge in [-0.25, -0.2) is 13.1 Å². The summed E-state index contributed by atoms with van der Waals surface area (Å²) in [6.45, 7) is 5.09. The average molecular weight is 397 g/mol. The van der Waals surface area contributed by atoms with E-state index in [-0.39, 0.29) is 16.8 Å². The van der Waals surface area contributed by atoms with Crippen molar-refractivity contribution < 1.29 is 17.9 Å². The first-order valence-corrected chi connectivity index (χ1v) is 9.89. The number of hydrogen-bond donors (Lipinski definition) is 2. The molecule has 8 heteroatoms. The number of amides is 1. The van der Waals surface area contributed by atoms with Crippen LogP contribution in [0.25, 0.3) is 0 Å². The third-order valence-electron chi connectivity index (χ3n) is 3.33. The lowest BCUT2D eigenvalue weighted by Crippen LogP contribution is -2.31. The Labute approximate surface area is 158 Å². The molecule has 2 rings (SSSR count). The summed E-state index contributed by atoms with van der Waals surface area (Å²) in [5, 5.41) is 3.09. The second kappa shape index (κ2) is 8.53. The van der Waals surface area contributed by atoms with E-state index in [4.69, 9.17) is 16.3 Å². The lowest BCUT2D eigenvalue weighted by Gasteiger charge is -2.16. The van der Waals surface area contributed by atoms with Crippen LogP contribution in [0.5, 0.6) is 5.75 Å². The minimum Gasteiger partial charge on any atom is -0.479 e. The van der Waals surface area contributed by atoms with E-state index in [1.165, 1.54) is 24.3 Å². The highest BCUT2D eigenvalue weighted by Crippen LogP contribution is 2.24. The average Bonchev–Trinajstić information content (AvgIpc) is 2.56. The van der Waals surface area contributed by atoms with Gasteiger partial charge in [0, 0.05) is 11.7 Å². The first-order chi connectivity index (χ1) is 12.2. The van der Waals surface area contributed by atoms with Crippen LogP contribution in [0.4, 0.5) is 5.69 Å². The van der Waals surface area contributed by atoms with Crippen LogP contribution in [0, 0.1) is 0 Å². The van der Waals surface area contributed by atoms with Crippen molar-refractivity contribution in [2.75, 3.05) is 5.32 Å². The zero-order valence-corrected chi connectivity index (χ0v) is 16.3. The van der Waals surface area contributed by atoms with Crippen molar-refractivity contribution in [3.63, 3.8) is 0 Å². The molecular weight excluding hydrogens is 376 g/mol. The van der Waals surface area contributed by atoms with Gasteiger partial charge < -0.3 is 10.1 Å². The van der Waals surface area contributed by atoms with Gasteiger partial charge in [-0.3, -0.25) is 4.79 Å².